The second-order valence-corrected chi connectivity index (χ2v) is 12.5. The Labute approximate surface area is 252 Å². The minimum absolute atomic E-state index is 0.00746. The lowest BCUT2D eigenvalue weighted by Crippen LogP contribution is -2.49. The van der Waals surface area contributed by atoms with Crippen LogP contribution in [0.2, 0.25) is 5.02 Å². The lowest BCUT2D eigenvalue weighted by atomic mass is 9.51. The SMILES string of the molecule is COc1cc(Br)cc([C@H]2C3=CC[C@@H]4C(=O)N(C(N)=O)C(=O)[C@@H]4[C@@H]3C[C@H]3C(=O)N(c4ccc(F)c(Cl)c4)C(=O)[C@@]23C)c1O. The highest BCUT2D eigenvalue weighted by Crippen LogP contribution is 2.65. The highest BCUT2D eigenvalue weighted by molar-refractivity contribution is 9.10. The Kier molecular flexibility index (Phi) is 6.50. The molecule has 6 rings (SSSR count). The molecule has 0 bridgehead atoms. The topological polar surface area (TPSA) is 147 Å². The zero-order chi connectivity index (χ0) is 30.4. The average Bonchev–Trinajstić information content (AvgIpc) is 3.31. The van der Waals surface area contributed by atoms with Crippen molar-refractivity contribution in [2.24, 2.45) is 34.8 Å². The number of hydrogen-bond donors (Lipinski definition) is 2. The second kappa shape index (κ2) is 9.63. The van der Waals surface area contributed by atoms with Crippen LogP contribution in [0, 0.1) is 34.9 Å². The maximum atomic E-state index is 14.4. The molecule has 2 aromatic rings. The lowest BCUT2D eigenvalue weighted by Gasteiger charge is -2.49. The molecular weight excluding hydrogens is 637 g/mol. The lowest BCUT2D eigenvalue weighted by molar-refractivity contribution is -0.136. The van der Waals surface area contributed by atoms with E-state index in [9.17, 15) is 33.5 Å². The molecule has 3 fully saturated rings. The Balaban J connectivity index is 1.57. The number of fused-ring (bicyclic) bond motifs is 4. The van der Waals surface area contributed by atoms with Crippen LogP contribution in [0.15, 0.2) is 46.5 Å². The normalized spacial score (nSPS) is 30.2. The van der Waals surface area contributed by atoms with Gasteiger partial charge in [-0.05, 0) is 56.0 Å². The van der Waals surface area contributed by atoms with Crippen LogP contribution in [0.4, 0.5) is 14.9 Å². The van der Waals surface area contributed by atoms with E-state index in [1.165, 1.54) is 19.2 Å². The predicted octanol–water partition coefficient (Wildman–Crippen LogP) is 4.27. The standard InChI is InChI=1S/C29H24BrClFN3O7/c1-29-17(25(38)34(27(29)40)12-3-6-19(32)18(31)9-12)10-15-13(22(29)16-7-11(30)8-20(42-2)23(16)36)4-5-14-21(15)26(39)35(24(14)37)28(33)41/h3-4,6-9,14-15,17,21-22,36H,5,10H2,1-2H3,(H2,33,41)/t14-,15+,17-,21-,22+,29+/m0/s1. The molecule has 13 heteroatoms. The molecule has 10 nitrogen and oxygen atoms in total. The number of carbonyl (C=O) groups is 5. The Morgan fingerprint density at radius 3 is 2.50 bits per heavy atom. The van der Waals surface area contributed by atoms with Gasteiger partial charge in [-0.3, -0.25) is 19.2 Å². The van der Waals surface area contributed by atoms with E-state index in [1.807, 2.05) is 0 Å². The monoisotopic (exact) mass is 659 g/mol. The van der Waals surface area contributed by atoms with Gasteiger partial charge in [0.2, 0.25) is 23.6 Å². The summed E-state index contributed by atoms with van der Waals surface area (Å²) >= 11 is 9.43. The molecule has 2 heterocycles. The first-order valence-corrected chi connectivity index (χ1v) is 14.3. The van der Waals surface area contributed by atoms with Crippen LogP contribution in [0.3, 0.4) is 0 Å². The molecule has 1 saturated carbocycles. The van der Waals surface area contributed by atoms with E-state index in [1.54, 1.807) is 25.1 Å². The van der Waals surface area contributed by atoms with E-state index in [2.05, 4.69) is 15.9 Å². The molecule has 0 unspecified atom stereocenters. The van der Waals surface area contributed by atoms with Crippen molar-refractivity contribution in [3.05, 3.63) is 62.9 Å². The Morgan fingerprint density at radius 2 is 1.86 bits per heavy atom. The van der Waals surface area contributed by atoms with Gasteiger partial charge in [-0.15, -0.1) is 0 Å². The summed E-state index contributed by atoms with van der Waals surface area (Å²) in [5, 5.41) is 11.1. The molecule has 218 valence electrons. The van der Waals surface area contributed by atoms with Crippen LogP contribution in [0.5, 0.6) is 11.5 Å². The van der Waals surface area contributed by atoms with Crippen molar-refractivity contribution in [1.29, 1.82) is 0 Å². The van der Waals surface area contributed by atoms with E-state index < -0.39 is 70.5 Å². The van der Waals surface area contributed by atoms with Gasteiger partial charge in [-0.1, -0.05) is 39.2 Å². The van der Waals surface area contributed by atoms with Crippen molar-refractivity contribution in [3.8, 4) is 11.5 Å². The number of carbonyl (C=O) groups excluding carboxylic acids is 5. The fraction of sp³-hybridized carbons (Fsp3) is 0.345. The van der Waals surface area contributed by atoms with Gasteiger partial charge in [0.1, 0.15) is 5.82 Å². The number of halogens is 3. The maximum absolute atomic E-state index is 14.4. The van der Waals surface area contributed by atoms with Crippen LogP contribution in [-0.2, 0) is 19.2 Å². The van der Waals surface area contributed by atoms with Crippen molar-refractivity contribution in [3.63, 3.8) is 0 Å². The fourth-order valence-electron chi connectivity index (χ4n) is 7.42. The predicted molar refractivity (Wildman–Crippen MR) is 150 cm³/mol. The third kappa shape index (κ3) is 3.70. The fourth-order valence-corrected chi connectivity index (χ4v) is 8.05. The number of nitrogens with two attached hydrogens (primary N) is 1. The largest absolute Gasteiger partial charge is 0.504 e. The number of anilines is 1. The summed E-state index contributed by atoms with van der Waals surface area (Å²) in [5.74, 6) is -8.09. The van der Waals surface area contributed by atoms with Gasteiger partial charge >= 0.3 is 6.03 Å². The number of primary amides is 1. The van der Waals surface area contributed by atoms with Gasteiger partial charge in [0, 0.05) is 16.0 Å². The highest BCUT2D eigenvalue weighted by Gasteiger charge is 2.68. The maximum Gasteiger partial charge on any atom is 0.328 e. The molecule has 0 aromatic heterocycles. The highest BCUT2D eigenvalue weighted by atomic mass is 79.9. The third-order valence-electron chi connectivity index (χ3n) is 9.26. The summed E-state index contributed by atoms with van der Waals surface area (Å²) < 4.78 is 19.9. The van der Waals surface area contributed by atoms with E-state index in [4.69, 9.17) is 22.1 Å². The number of rotatable bonds is 3. The first-order valence-electron chi connectivity index (χ1n) is 13.1. The van der Waals surface area contributed by atoms with Crippen LogP contribution in [0.25, 0.3) is 0 Å². The Bertz CT molecular complexity index is 1660. The average molecular weight is 661 g/mol. The number of phenols is 1. The summed E-state index contributed by atoms with van der Waals surface area (Å²) in [7, 11) is 1.37. The zero-order valence-electron chi connectivity index (χ0n) is 22.3. The number of amides is 6. The van der Waals surface area contributed by atoms with Gasteiger partial charge in [-0.2, -0.15) is 4.90 Å². The first kappa shape index (κ1) is 28.4. The molecule has 0 spiro atoms. The smallest absolute Gasteiger partial charge is 0.328 e. The molecule has 6 amide bonds. The second-order valence-electron chi connectivity index (χ2n) is 11.2. The summed E-state index contributed by atoms with van der Waals surface area (Å²) in [4.78, 5) is 68.5. The number of likely N-dealkylation sites (tertiary alicyclic amines) is 1. The van der Waals surface area contributed by atoms with Gasteiger partial charge in [0.15, 0.2) is 11.5 Å². The van der Waals surface area contributed by atoms with Crippen molar-refractivity contribution >= 4 is 62.9 Å². The molecule has 2 aromatic carbocycles. The number of imide groups is 4. The molecule has 4 aliphatic rings. The molecule has 6 atom stereocenters. The summed E-state index contributed by atoms with van der Waals surface area (Å²) in [5.41, 5.74) is 4.82. The molecule has 2 aliphatic heterocycles. The number of hydrogen-bond acceptors (Lipinski definition) is 7. The number of urea groups is 1. The molecule has 42 heavy (non-hydrogen) atoms. The number of allylic oxidation sites excluding steroid dienone is 2. The summed E-state index contributed by atoms with van der Waals surface area (Å²) in [6, 6.07) is 5.50. The summed E-state index contributed by atoms with van der Waals surface area (Å²) in [6.07, 6.45) is 1.86. The molecule has 3 N–H and O–H groups in total. The summed E-state index contributed by atoms with van der Waals surface area (Å²) in [6.45, 7) is 1.63. The molecule has 2 saturated heterocycles. The number of ether oxygens (including phenoxy) is 1. The van der Waals surface area contributed by atoms with Gasteiger partial charge < -0.3 is 15.6 Å². The first-order chi connectivity index (χ1) is 19.8. The van der Waals surface area contributed by atoms with E-state index >= 15 is 0 Å². The Hall–Kier alpha value is -3.77. The number of aromatic hydroxyl groups is 1. The van der Waals surface area contributed by atoms with Crippen molar-refractivity contribution < 1.29 is 38.2 Å². The third-order valence-corrected chi connectivity index (χ3v) is 10.0. The number of benzene rings is 2. The van der Waals surface area contributed by atoms with Crippen molar-refractivity contribution in [2.45, 2.75) is 25.7 Å². The van der Waals surface area contributed by atoms with Crippen LogP contribution >= 0.6 is 27.5 Å². The number of nitrogens with zero attached hydrogens (tertiary/aromatic N) is 2. The molecular formula is C29H24BrClFN3O7. The van der Waals surface area contributed by atoms with E-state index in [0.29, 0.717) is 14.9 Å². The van der Waals surface area contributed by atoms with E-state index in [0.717, 1.165) is 11.0 Å². The van der Waals surface area contributed by atoms with Crippen LogP contribution in [0.1, 0.15) is 31.2 Å². The molecule has 2 aliphatic carbocycles. The zero-order valence-corrected chi connectivity index (χ0v) is 24.6. The van der Waals surface area contributed by atoms with Crippen molar-refractivity contribution in [1.82, 2.24) is 4.90 Å². The quantitative estimate of drug-likeness (QED) is 0.369. The molecule has 0 radical (unpaired) electrons. The number of methoxy groups -OCH3 is 1. The van der Waals surface area contributed by atoms with Gasteiger partial charge in [0.05, 0.1) is 41.0 Å². The minimum Gasteiger partial charge on any atom is -0.504 e. The van der Waals surface area contributed by atoms with Crippen LogP contribution < -0.4 is 15.4 Å². The van der Waals surface area contributed by atoms with E-state index in [-0.39, 0.29) is 40.6 Å². The van der Waals surface area contributed by atoms with Gasteiger partial charge in [-0.25, -0.2) is 14.1 Å². The number of phenolic OH excluding ortho intramolecular Hbond substituents is 1. The Morgan fingerprint density at radius 1 is 1.14 bits per heavy atom. The van der Waals surface area contributed by atoms with Crippen LogP contribution in [-0.4, -0.2) is 46.8 Å². The van der Waals surface area contributed by atoms with Crippen molar-refractivity contribution in [2.75, 3.05) is 12.0 Å². The minimum atomic E-state index is -1.48. The van der Waals surface area contributed by atoms with Gasteiger partial charge in [0.25, 0.3) is 0 Å².